The lowest BCUT2D eigenvalue weighted by Crippen LogP contribution is -2.29. The van der Waals surface area contributed by atoms with Crippen LogP contribution >= 0.6 is 0 Å². The van der Waals surface area contributed by atoms with Gasteiger partial charge >= 0.3 is 0 Å². The Bertz CT molecular complexity index is 843. The van der Waals surface area contributed by atoms with Crippen LogP contribution in [0.4, 0.5) is 0 Å². The van der Waals surface area contributed by atoms with Crippen molar-refractivity contribution in [1.29, 1.82) is 0 Å². The second kappa shape index (κ2) is 7.67. The maximum atomic E-state index is 12.8. The monoisotopic (exact) mass is 380 g/mol. The number of hydrogen-bond acceptors (Lipinski definition) is 6. The van der Waals surface area contributed by atoms with Crippen molar-refractivity contribution in [2.75, 3.05) is 26.8 Å². The van der Waals surface area contributed by atoms with E-state index in [0.717, 1.165) is 12.8 Å². The highest BCUT2D eigenvalue weighted by Crippen LogP contribution is 2.30. The molecule has 3 rings (SSSR count). The van der Waals surface area contributed by atoms with Crippen molar-refractivity contribution >= 4 is 10.0 Å². The van der Waals surface area contributed by atoms with Gasteiger partial charge in [-0.15, -0.1) is 0 Å². The van der Waals surface area contributed by atoms with Gasteiger partial charge in [0.25, 0.3) is 0 Å². The largest absolute Gasteiger partial charge is 0.493 e. The number of nitrogens with zero attached hydrogens (tertiary/aromatic N) is 2. The van der Waals surface area contributed by atoms with Gasteiger partial charge in [-0.05, 0) is 44.7 Å². The van der Waals surface area contributed by atoms with Crippen LogP contribution in [0.5, 0.6) is 11.5 Å². The average Bonchev–Trinajstić information content (AvgIpc) is 3.23. The van der Waals surface area contributed by atoms with Gasteiger partial charge in [-0.1, -0.05) is 17.3 Å². The molecule has 0 radical (unpaired) electrons. The van der Waals surface area contributed by atoms with Gasteiger partial charge in [-0.3, -0.25) is 0 Å². The van der Waals surface area contributed by atoms with Crippen molar-refractivity contribution in [3.63, 3.8) is 0 Å². The van der Waals surface area contributed by atoms with E-state index in [4.69, 9.17) is 14.0 Å². The zero-order chi connectivity index (χ0) is 18.7. The third-order valence-corrected chi connectivity index (χ3v) is 6.78. The Morgan fingerprint density at radius 1 is 1.27 bits per heavy atom. The van der Waals surface area contributed by atoms with E-state index in [1.165, 1.54) is 4.31 Å². The van der Waals surface area contributed by atoms with Crippen LogP contribution in [0, 0.1) is 19.8 Å². The molecule has 0 amide bonds. The molecule has 1 aliphatic heterocycles. The van der Waals surface area contributed by atoms with Gasteiger partial charge in [0.1, 0.15) is 10.6 Å². The lowest BCUT2D eigenvalue weighted by atomic mass is 10.1. The molecule has 0 N–H and O–H groups in total. The number of aromatic nitrogens is 1. The number of benzene rings is 1. The fraction of sp³-hybridized carbons (Fsp3) is 0.500. The fourth-order valence-corrected chi connectivity index (χ4v) is 5.12. The highest BCUT2D eigenvalue weighted by Gasteiger charge is 2.36. The van der Waals surface area contributed by atoms with Gasteiger partial charge in [0.15, 0.2) is 17.3 Å². The molecule has 142 valence electrons. The first-order chi connectivity index (χ1) is 12.4. The summed E-state index contributed by atoms with van der Waals surface area (Å²) in [4.78, 5) is 0.198. The molecule has 1 fully saturated rings. The predicted molar refractivity (Wildman–Crippen MR) is 95.9 cm³/mol. The molecule has 1 atom stereocenters. The normalized spacial score (nSPS) is 18.2. The Hall–Kier alpha value is -2.06. The molecule has 1 aromatic carbocycles. The summed E-state index contributed by atoms with van der Waals surface area (Å²) in [5.74, 6) is 2.00. The zero-order valence-corrected chi connectivity index (χ0v) is 16.1. The van der Waals surface area contributed by atoms with E-state index in [1.54, 1.807) is 21.0 Å². The van der Waals surface area contributed by atoms with E-state index in [1.807, 2.05) is 24.3 Å². The number of sulfonamides is 1. The van der Waals surface area contributed by atoms with Crippen LogP contribution < -0.4 is 9.47 Å². The Morgan fingerprint density at radius 2 is 2.00 bits per heavy atom. The van der Waals surface area contributed by atoms with Crippen LogP contribution in [0.25, 0.3) is 0 Å². The molecule has 0 spiro atoms. The molecular formula is C18H24N2O5S. The first-order valence-corrected chi connectivity index (χ1v) is 10.1. The summed E-state index contributed by atoms with van der Waals surface area (Å²) in [6, 6.07) is 7.50. The van der Waals surface area contributed by atoms with E-state index in [2.05, 4.69) is 5.16 Å². The van der Waals surface area contributed by atoms with Crippen molar-refractivity contribution in [3.05, 3.63) is 35.7 Å². The van der Waals surface area contributed by atoms with E-state index >= 15 is 0 Å². The van der Waals surface area contributed by atoms with Crippen LogP contribution in [0.2, 0.25) is 0 Å². The molecule has 0 bridgehead atoms. The van der Waals surface area contributed by atoms with Gasteiger partial charge in [0.2, 0.25) is 10.0 Å². The first-order valence-electron chi connectivity index (χ1n) is 8.62. The van der Waals surface area contributed by atoms with Gasteiger partial charge in [-0.2, -0.15) is 4.31 Å². The Labute approximate surface area is 153 Å². The topological polar surface area (TPSA) is 81.9 Å². The minimum Gasteiger partial charge on any atom is -0.493 e. The predicted octanol–water partition coefficient (Wildman–Crippen LogP) is 2.78. The van der Waals surface area contributed by atoms with E-state index in [-0.39, 0.29) is 10.8 Å². The zero-order valence-electron chi connectivity index (χ0n) is 15.3. The van der Waals surface area contributed by atoms with Crippen molar-refractivity contribution in [2.24, 2.45) is 5.92 Å². The molecule has 2 heterocycles. The van der Waals surface area contributed by atoms with E-state index < -0.39 is 10.0 Å². The molecule has 0 saturated carbocycles. The van der Waals surface area contributed by atoms with Gasteiger partial charge < -0.3 is 14.0 Å². The molecule has 1 unspecified atom stereocenters. The lowest BCUT2D eigenvalue weighted by Gasteiger charge is -2.16. The minimum atomic E-state index is -3.56. The number of rotatable bonds is 7. The van der Waals surface area contributed by atoms with E-state index in [0.29, 0.717) is 42.6 Å². The van der Waals surface area contributed by atoms with Crippen LogP contribution in [-0.4, -0.2) is 44.7 Å². The number of methoxy groups -OCH3 is 1. The average molecular weight is 380 g/mol. The third-order valence-electron chi connectivity index (χ3n) is 4.67. The summed E-state index contributed by atoms with van der Waals surface area (Å²) < 4.78 is 43.3. The molecule has 7 nitrogen and oxygen atoms in total. The van der Waals surface area contributed by atoms with Crippen LogP contribution in [0.15, 0.2) is 33.7 Å². The Kier molecular flexibility index (Phi) is 5.52. The third kappa shape index (κ3) is 3.71. The summed E-state index contributed by atoms with van der Waals surface area (Å²) in [7, 11) is -1.95. The Balaban J connectivity index is 1.57. The van der Waals surface area contributed by atoms with Crippen LogP contribution in [-0.2, 0) is 10.0 Å². The SMILES string of the molecule is COc1ccccc1OCCC1CCN(S(=O)(=O)c2c(C)noc2C)C1. The molecule has 26 heavy (non-hydrogen) atoms. The van der Waals surface area contributed by atoms with Crippen molar-refractivity contribution in [2.45, 2.75) is 31.6 Å². The second-order valence-corrected chi connectivity index (χ2v) is 8.33. The fourth-order valence-electron chi connectivity index (χ4n) is 3.30. The van der Waals surface area contributed by atoms with Crippen molar-refractivity contribution in [3.8, 4) is 11.5 Å². The summed E-state index contributed by atoms with van der Waals surface area (Å²) >= 11 is 0. The van der Waals surface area contributed by atoms with Gasteiger partial charge in [0.05, 0.1) is 13.7 Å². The molecule has 2 aromatic rings. The van der Waals surface area contributed by atoms with Crippen LogP contribution in [0.3, 0.4) is 0 Å². The maximum absolute atomic E-state index is 12.8. The van der Waals surface area contributed by atoms with Gasteiger partial charge in [-0.25, -0.2) is 8.42 Å². The number of ether oxygens (including phenoxy) is 2. The molecule has 8 heteroatoms. The molecule has 1 aromatic heterocycles. The highest BCUT2D eigenvalue weighted by molar-refractivity contribution is 7.89. The standard InChI is InChI=1S/C18H24N2O5S/c1-13-18(14(2)25-19-13)26(21,22)20-10-8-15(12-20)9-11-24-17-7-5-4-6-16(17)23-3/h4-7,15H,8-12H2,1-3H3. The summed E-state index contributed by atoms with van der Waals surface area (Å²) in [5.41, 5.74) is 0.408. The lowest BCUT2D eigenvalue weighted by molar-refractivity contribution is 0.266. The van der Waals surface area contributed by atoms with E-state index in [9.17, 15) is 8.42 Å². The molecule has 1 saturated heterocycles. The van der Waals surface area contributed by atoms with Gasteiger partial charge in [0, 0.05) is 13.1 Å². The van der Waals surface area contributed by atoms with Crippen molar-refractivity contribution < 1.29 is 22.4 Å². The maximum Gasteiger partial charge on any atom is 0.248 e. The first kappa shape index (κ1) is 18.7. The molecular weight excluding hydrogens is 356 g/mol. The molecule has 0 aliphatic carbocycles. The summed E-state index contributed by atoms with van der Waals surface area (Å²) in [5, 5.41) is 3.76. The number of aryl methyl sites for hydroxylation is 2. The van der Waals surface area contributed by atoms with Crippen LogP contribution in [0.1, 0.15) is 24.3 Å². The smallest absolute Gasteiger partial charge is 0.248 e. The highest BCUT2D eigenvalue weighted by atomic mass is 32.2. The minimum absolute atomic E-state index is 0.198. The Morgan fingerprint density at radius 3 is 2.65 bits per heavy atom. The van der Waals surface area contributed by atoms with Crippen molar-refractivity contribution in [1.82, 2.24) is 9.46 Å². The quantitative estimate of drug-likeness (QED) is 0.735. The second-order valence-electron chi connectivity index (χ2n) is 6.46. The summed E-state index contributed by atoms with van der Waals surface area (Å²) in [6.07, 6.45) is 1.60. The molecule has 1 aliphatic rings. The summed E-state index contributed by atoms with van der Waals surface area (Å²) in [6.45, 7) is 4.79. The number of para-hydroxylation sites is 2. The number of hydrogen-bond donors (Lipinski definition) is 0.